The lowest BCUT2D eigenvalue weighted by atomic mass is 10.1. The van der Waals surface area contributed by atoms with E-state index in [2.05, 4.69) is 61.7 Å². The Hall–Kier alpha value is -1.16. The molecule has 0 fully saturated rings. The molecule has 0 aliphatic heterocycles. The van der Waals surface area contributed by atoms with Crippen molar-refractivity contribution in [3.63, 3.8) is 0 Å². The Morgan fingerprint density at radius 1 is 0.526 bits per heavy atom. The number of rotatable bonds is 2. The van der Waals surface area contributed by atoms with Crippen LogP contribution in [0.2, 0.25) is 0 Å². The fraction of sp³-hybridized carbons (Fsp3) is 0. The second kappa shape index (κ2) is 5.45. The molecule has 0 aliphatic rings. The highest BCUT2D eigenvalue weighted by atomic mass is 32.1. The van der Waals surface area contributed by atoms with Gasteiger partial charge in [-0.15, -0.1) is 36.6 Å². The summed E-state index contributed by atoms with van der Waals surface area (Å²) in [6.07, 6.45) is 0. The van der Waals surface area contributed by atoms with Crippen LogP contribution >= 0.6 is 36.6 Å². The molecule has 3 aromatic rings. The molecule has 19 heavy (non-hydrogen) atoms. The van der Waals surface area contributed by atoms with Crippen LogP contribution in [0, 0.1) is 0 Å². The molecule has 94 valence electrons. The third kappa shape index (κ3) is 2.89. The zero-order valence-electron chi connectivity index (χ0n) is 10.1. The van der Waals surface area contributed by atoms with Crippen molar-refractivity contribution in [2.75, 3.05) is 0 Å². The summed E-state index contributed by atoms with van der Waals surface area (Å²) in [6, 6.07) is 20.8. The first-order valence-electron chi connectivity index (χ1n) is 5.91. The lowest BCUT2D eigenvalue weighted by Gasteiger charge is -1.99. The number of thiophene rings is 1. The van der Waals surface area contributed by atoms with Crippen LogP contribution in [0.3, 0.4) is 0 Å². The molecular formula is C16H12S3. The van der Waals surface area contributed by atoms with E-state index in [0.717, 1.165) is 9.79 Å². The normalized spacial score (nSPS) is 10.6. The van der Waals surface area contributed by atoms with Crippen molar-refractivity contribution < 1.29 is 0 Å². The molecule has 1 aromatic heterocycles. The van der Waals surface area contributed by atoms with E-state index in [1.165, 1.54) is 20.9 Å². The fourth-order valence-electron chi connectivity index (χ4n) is 1.90. The van der Waals surface area contributed by atoms with E-state index < -0.39 is 0 Å². The maximum absolute atomic E-state index is 4.31. The highest BCUT2D eigenvalue weighted by molar-refractivity contribution is 7.80. The van der Waals surface area contributed by atoms with Gasteiger partial charge in [0.05, 0.1) is 0 Å². The van der Waals surface area contributed by atoms with E-state index in [4.69, 9.17) is 0 Å². The summed E-state index contributed by atoms with van der Waals surface area (Å²) in [4.78, 5) is 4.53. The number of hydrogen-bond acceptors (Lipinski definition) is 3. The maximum atomic E-state index is 4.31. The van der Waals surface area contributed by atoms with E-state index in [-0.39, 0.29) is 0 Å². The fourth-order valence-corrected chi connectivity index (χ4v) is 3.21. The molecule has 0 aliphatic carbocycles. The van der Waals surface area contributed by atoms with Crippen molar-refractivity contribution >= 4 is 36.6 Å². The molecule has 0 atom stereocenters. The first kappa shape index (κ1) is 12.9. The van der Waals surface area contributed by atoms with Crippen LogP contribution in [-0.4, -0.2) is 0 Å². The quantitative estimate of drug-likeness (QED) is 0.561. The van der Waals surface area contributed by atoms with E-state index in [0.29, 0.717) is 0 Å². The van der Waals surface area contributed by atoms with Gasteiger partial charge in [0.15, 0.2) is 0 Å². The van der Waals surface area contributed by atoms with Crippen LogP contribution in [0.15, 0.2) is 70.5 Å². The Labute approximate surface area is 127 Å². The average Bonchev–Trinajstić information content (AvgIpc) is 2.90. The molecule has 0 amide bonds. The minimum absolute atomic E-state index is 0.991. The molecule has 0 unspecified atom stereocenters. The lowest BCUT2D eigenvalue weighted by Crippen LogP contribution is -1.71. The molecular weight excluding hydrogens is 288 g/mol. The summed E-state index contributed by atoms with van der Waals surface area (Å²) in [5.41, 5.74) is 2.47. The summed E-state index contributed by atoms with van der Waals surface area (Å²) < 4.78 is 0. The van der Waals surface area contributed by atoms with Crippen molar-refractivity contribution in [1.82, 2.24) is 0 Å². The Kier molecular flexibility index (Phi) is 3.69. The largest absolute Gasteiger partial charge is 0.143 e. The first-order chi connectivity index (χ1) is 9.22. The molecule has 0 saturated heterocycles. The predicted molar refractivity (Wildman–Crippen MR) is 89.7 cm³/mol. The second-order valence-corrected chi connectivity index (χ2v) is 6.37. The van der Waals surface area contributed by atoms with Gasteiger partial charge >= 0.3 is 0 Å². The van der Waals surface area contributed by atoms with Gasteiger partial charge in [0.2, 0.25) is 0 Å². The molecule has 0 N–H and O–H groups in total. The zero-order chi connectivity index (χ0) is 13.2. The highest BCUT2D eigenvalue weighted by Crippen LogP contribution is 2.34. The summed E-state index contributed by atoms with van der Waals surface area (Å²) in [5.74, 6) is 0. The van der Waals surface area contributed by atoms with Crippen molar-refractivity contribution in [2.24, 2.45) is 0 Å². The minimum atomic E-state index is 0.991. The summed E-state index contributed by atoms with van der Waals surface area (Å²) >= 11 is 10.4. The molecule has 1 heterocycles. The zero-order valence-corrected chi connectivity index (χ0v) is 12.7. The molecule has 2 aromatic carbocycles. The molecule has 3 heteroatoms. The summed E-state index contributed by atoms with van der Waals surface area (Å²) in [7, 11) is 0. The van der Waals surface area contributed by atoms with Gasteiger partial charge < -0.3 is 0 Å². The van der Waals surface area contributed by atoms with Crippen LogP contribution in [0.1, 0.15) is 0 Å². The average molecular weight is 300 g/mol. The van der Waals surface area contributed by atoms with Gasteiger partial charge in [-0.25, -0.2) is 0 Å². The lowest BCUT2D eigenvalue weighted by molar-refractivity contribution is 1.48. The van der Waals surface area contributed by atoms with Crippen LogP contribution < -0.4 is 0 Å². The smallest absolute Gasteiger partial charge is 0.0349 e. The predicted octanol–water partition coefficient (Wildman–Crippen LogP) is 5.66. The topological polar surface area (TPSA) is 0 Å². The van der Waals surface area contributed by atoms with Gasteiger partial charge in [0.25, 0.3) is 0 Å². The van der Waals surface area contributed by atoms with E-state index in [9.17, 15) is 0 Å². The second-order valence-electron chi connectivity index (χ2n) is 4.26. The van der Waals surface area contributed by atoms with Crippen molar-refractivity contribution in [3.05, 3.63) is 60.7 Å². The monoisotopic (exact) mass is 300 g/mol. The third-order valence-corrected chi connectivity index (χ3v) is 4.69. The maximum Gasteiger partial charge on any atom is 0.0349 e. The van der Waals surface area contributed by atoms with E-state index in [1.807, 2.05) is 24.3 Å². The number of benzene rings is 2. The van der Waals surface area contributed by atoms with Gasteiger partial charge in [-0.1, -0.05) is 24.3 Å². The van der Waals surface area contributed by atoms with Crippen LogP contribution in [-0.2, 0) is 0 Å². The van der Waals surface area contributed by atoms with Gasteiger partial charge in [-0.2, -0.15) is 0 Å². The van der Waals surface area contributed by atoms with Gasteiger partial charge in [0.1, 0.15) is 0 Å². The molecule has 0 bridgehead atoms. The standard InChI is InChI=1S/C16H12S3/c17-13-5-1-11(2-6-13)15-9-10-16(19-15)12-3-7-14(18)8-4-12/h1-10,17-18H. The van der Waals surface area contributed by atoms with Gasteiger partial charge in [-0.3, -0.25) is 0 Å². The van der Waals surface area contributed by atoms with Crippen LogP contribution in [0.5, 0.6) is 0 Å². The van der Waals surface area contributed by atoms with Crippen LogP contribution in [0.4, 0.5) is 0 Å². The highest BCUT2D eigenvalue weighted by Gasteiger charge is 2.04. The molecule has 0 radical (unpaired) electrons. The summed E-state index contributed by atoms with van der Waals surface area (Å²) in [5, 5.41) is 0. The third-order valence-electron chi connectivity index (χ3n) is 2.91. The van der Waals surface area contributed by atoms with E-state index in [1.54, 1.807) is 11.3 Å². The molecule has 0 nitrogen and oxygen atoms in total. The van der Waals surface area contributed by atoms with Crippen molar-refractivity contribution in [2.45, 2.75) is 9.79 Å². The molecule has 3 rings (SSSR count). The molecule has 0 spiro atoms. The first-order valence-corrected chi connectivity index (χ1v) is 7.62. The Bertz CT molecular complexity index is 619. The van der Waals surface area contributed by atoms with Gasteiger partial charge in [-0.05, 0) is 47.5 Å². The SMILES string of the molecule is Sc1ccc(-c2ccc(-c3ccc(S)cc3)s2)cc1. The van der Waals surface area contributed by atoms with E-state index >= 15 is 0 Å². The number of hydrogen-bond donors (Lipinski definition) is 2. The summed E-state index contributed by atoms with van der Waals surface area (Å²) in [6.45, 7) is 0. The van der Waals surface area contributed by atoms with Crippen molar-refractivity contribution in [3.8, 4) is 20.9 Å². The Morgan fingerprint density at radius 2 is 0.895 bits per heavy atom. The molecule has 0 saturated carbocycles. The Morgan fingerprint density at radius 3 is 1.26 bits per heavy atom. The minimum Gasteiger partial charge on any atom is -0.143 e. The number of thiol groups is 2. The van der Waals surface area contributed by atoms with Crippen molar-refractivity contribution in [1.29, 1.82) is 0 Å². The Balaban J connectivity index is 1.95. The van der Waals surface area contributed by atoms with Crippen LogP contribution in [0.25, 0.3) is 20.9 Å². The van der Waals surface area contributed by atoms with Gasteiger partial charge in [0, 0.05) is 19.5 Å².